The molecule has 2 aromatic carbocycles. The molecule has 0 aliphatic heterocycles. The number of aromatic nitrogens is 3. The molecule has 2 aromatic heterocycles. The molecule has 1 N–H and O–H groups in total. The van der Waals surface area contributed by atoms with Crippen LogP contribution < -0.4 is 5.32 Å². The average Bonchev–Trinajstić information content (AvgIpc) is 3.16. The van der Waals surface area contributed by atoms with Gasteiger partial charge in [-0.3, -0.25) is 14.5 Å². The predicted octanol–water partition coefficient (Wildman–Crippen LogP) is 5.87. The van der Waals surface area contributed by atoms with Crippen molar-refractivity contribution in [1.82, 2.24) is 20.1 Å². The molecule has 4 aromatic rings. The van der Waals surface area contributed by atoms with Crippen LogP contribution in [0.2, 0.25) is 0 Å². The van der Waals surface area contributed by atoms with Crippen LogP contribution in [-0.4, -0.2) is 27.7 Å². The monoisotopic (exact) mass is 442 g/mol. The van der Waals surface area contributed by atoms with Crippen molar-refractivity contribution in [3.8, 4) is 0 Å². The number of carbonyl (C=O) groups is 1. The number of hydrogen-bond donors (Lipinski definition) is 1. The van der Waals surface area contributed by atoms with E-state index in [1.807, 2.05) is 54.6 Å². The highest BCUT2D eigenvalue weighted by molar-refractivity contribution is 7.99. The molecule has 1 amide bonds. The molecule has 0 fully saturated rings. The SMILES string of the molecule is CNC(=O)c1ccccc1Sc1ccc2c(/C=C/c3ccccn3)nn(C(C)(C)C)c2c1. The lowest BCUT2D eigenvalue weighted by atomic mass is 10.1. The average molecular weight is 443 g/mol. The third kappa shape index (κ3) is 4.60. The van der Waals surface area contributed by atoms with Gasteiger partial charge in [-0.05, 0) is 75.4 Å². The van der Waals surface area contributed by atoms with Gasteiger partial charge in [0.05, 0.1) is 28.0 Å². The van der Waals surface area contributed by atoms with Gasteiger partial charge in [-0.2, -0.15) is 5.10 Å². The number of carbonyl (C=O) groups excluding carboxylic acids is 1. The lowest BCUT2D eigenvalue weighted by Gasteiger charge is -2.20. The van der Waals surface area contributed by atoms with E-state index in [0.29, 0.717) is 5.56 Å². The molecule has 0 bridgehead atoms. The molecule has 0 aliphatic carbocycles. The second kappa shape index (κ2) is 9.01. The summed E-state index contributed by atoms with van der Waals surface area (Å²) in [5, 5.41) is 8.71. The highest BCUT2D eigenvalue weighted by Gasteiger charge is 2.20. The zero-order valence-corrected chi connectivity index (χ0v) is 19.5. The molecule has 6 heteroatoms. The van der Waals surface area contributed by atoms with Crippen molar-refractivity contribution >= 4 is 40.7 Å². The quantitative estimate of drug-likeness (QED) is 0.420. The zero-order chi connectivity index (χ0) is 22.7. The van der Waals surface area contributed by atoms with Crippen LogP contribution in [0.3, 0.4) is 0 Å². The standard InChI is InChI=1S/C26H26N4OS/c1-26(2,3)30-23-17-19(32-24-11-6-5-10-21(24)25(31)27-4)13-14-20(23)22(29-30)15-12-18-9-7-8-16-28-18/h5-17H,1-4H3,(H,27,31)/b15-12+. The van der Waals surface area contributed by atoms with Crippen molar-refractivity contribution in [2.75, 3.05) is 7.05 Å². The van der Waals surface area contributed by atoms with E-state index in [1.165, 1.54) is 0 Å². The molecule has 0 saturated heterocycles. The van der Waals surface area contributed by atoms with Gasteiger partial charge in [0.2, 0.25) is 0 Å². The van der Waals surface area contributed by atoms with Crippen molar-refractivity contribution in [2.24, 2.45) is 0 Å². The van der Waals surface area contributed by atoms with E-state index in [1.54, 1.807) is 25.0 Å². The second-order valence-electron chi connectivity index (χ2n) is 8.41. The van der Waals surface area contributed by atoms with Crippen molar-refractivity contribution in [3.05, 3.63) is 83.8 Å². The van der Waals surface area contributed by atoms with Gasteiger partial charge < -0.3 is 5.32 Å². The molecule has 4 rings (SSSR count). The highest BCUT2D eigenvalue weighted by atomic mass is 32.2. The first-order chi connectivity index (χ1) is 15.4. The van der Waals surface area contributed by atoms with E-state index < -0.39 is 0 Å². The fraction of sp³-hybridized carbons (Fsp3) is 0.192. The Morgan fingerprint density at radius 1 is 1.03 bits per heavy atom. The van der Waals surface area contributed by atoms with Crippen molar-refractivity contribution in [3.63, 3.8) is 0 Å². The van der Waals surface area contributed by atoms with Gasteiger partial charge in [0.25, 0.3) is 5.91 Å². The van der Waals surface area contributed by atoms with Crippen molar-refractivity contribution in [1.29, 1.82) is 0 Å². The van der Waals surface area contributed by atoms with Crippen LogP contribution in [0.15, 0.2) is 76.7 Å². The minimum Gasteiger partial charge on any atom is -0.355 e. The lowest BCUT2D eigenvalue weighted by molar-refractivity contribution is 0.0960. The first kappa shape index (κ1) is 21.8. The number of nitrogens with zero attached hydrogens (tertiary/aromatic N) is 3. The molecule has 162 valence electrons. The molecule has 0 aliphatic rings. The molecular weight excluding hydrogens is 416 g/mol. The summed E-state index contributed by atoms with van der Waals surface area (Å²) in [6, 6.07) is 19.8. The Bertz CT molecular complexity index is 1290. The Morgan fingerprint density at radius 2 is 1.81 bits per heavy atom. The second-order valence-corrected chi connectivity index (χ2v) is 9.53. The number of amides is 1. The van der Waals surface area contributed by atoms with Crippen LogP contribution in [0.4, 0.5) is 0 Å². The van der Waals surface area contributed by atoms with Crippen molar-refractivity contribution < 1.29 is 4.79 Å². The third-order valence-electron chi connectivity index (χ3n) is 5.00. The number of nitrogens with one attached hydrogen (secondary N) is 1. The molecule has 0 saturated carbocycles. The maximum Gasteiger partial charge on any atom is 0.252 e. The van der Waals surface area contributed by atoms with Crippen LogP contribution in [-0.2, 0) is 5.54 Å². The Balaban J connectivity index is 1.76. The summed E-state index contributed by atoms with van der Waals surface area (Å²) in [7, 11) is 1.65. The number of pyridine rings is 1. The van der Waals surface area contributed by atoms with Crippen LogP contribution in [0, 0.1) is 0 Å². The predicted molar refractivity (Wildman–Crippen MR) is 132 cm³/mol. The van der Waals surface area contributed by atoms with Gasteiger partial charge in [0, 0.05) is 28.4 Å². The van der Waals surface area contributed by atoms with Crippen LogP contribution in [0.1, 0.15) is 42.5 Å². The number of fused-ring (bicyclic) bond motifs is 1. The van der Waals surface area contributed by atoms with E-state index in [0.717, 1.165) is 32.1 Å². The molecule has 2 heterocycles. The smallest absolute Gasteiger partial charge is 0.252 e. The molecule has 0 unspecified atom stereocenters. The number of rotatable bonds is 5. The van der Waals surface area contributed by atoms with E-state index in [-0.39, 0.29) is 11.4 Å². The molecule has 0 radical (unpaired) electrons. The zero-order valence-electron chi connectivity index (χ0n) is 18.7. The van der Waals surface area contributed by atoms with Gasteiger partial charge >= 0.3 is 0 Å². The van der Waals surface area contributed by atoms with Gasteiger partial charge in [-0.15, -0.1) is 0 Å². The van der Waals surface area contributed by atoms with Crippen LogP contribution in [0.5, 0.6) is 0 Å². The maximum absolute atomic E-state index is 12.3. The van der Waals surface area contributed by atoms with E-state index in [9.17, 15) is 4.79 Å². The normalized spacial score (nSPS) is 11.9. The lowest BCUT2D eigenvalue weighted by Crippen LogP contribution is -2.23. The van der Waals surface area contributed by atoms with Crippen LogP contribution >= 0.6 is 11.8 Å². The molecule has 0 atom stereocenters. The van der Waals surface area contributed by atoms with Gasteiger partial charge in [-0.25, -0.2) is 0 Å². The van der Waals surface area contributed by atoms with E-state index in [2.05, 4.69) is 54.0 Å². The summed E-state index contributed by atoms with van der Waals surface area (Å²) in [5.74, 6) is -0.0872. The minimum absolute atomic E-state index is 0.0872. The Labute approximate surface area is 192 Å². The Morgan fingerprint density at radius 3 is 2.53 bits per heavy atom. The molecule has 32 heavy (non-hydrogen) atoms. The summed E-state index contributed by atoms with van der Waals surface area (Å²) < 4.78 is 2.06. The molecule has 0 spiro atoms. The largest absolute Gasteiger partial charge is 0.355 e. The topological polar surface area (TPSA) is 59.8 Å². The maximum atomic E-state index is 12.3. The van der Waals surface area contributed by atoms with E-state index in [4.69, 9.17) is 5.10 Å². The van der Waals surface area contributed by atoms with Gasteiger partial charge in [-0.1, -0.05) is 30.0 Å². The summed E-state index contributed by atoms with van der Waals surface area (Å²) in [6.07, 6.45) is 5.78. The van der Waals surface area contributed by atoms with Crippen LogP contribution in [0.25, 0.3) is 23.1 Å². The van der Waals surface area contributed by atoms with Gasteiger partial charge in [0.1, 0.15) is 0 Å². The summed E-state index contributed by atoms with van der Waals surface area (Å²) >= 11 is 1.58. The number of hydrogen-bond acceptors (Lipinski definition) is 4. The Hall–Kier alpha value is -3.38. The van der Waals surface area contributed by atoms with Crippen molar-refractivity contribution in [2.45, 2.75) is 36.1 Å². The fourth-order valence-electron chi connectivity index (χ4n) is 3.46. The minimum atomic E-state index is -0.182. The third-order valence-corrected chi connectivity index (χ3v) is 6.07. The number of benzene rings is 2. The molecular formula is C26H26N4OS. The summed E-state index contributed by atoms with van der Waals surface area (Å²) in [4.78, 5) is 18.6. The van der Waals surface area contributed by atoms with Gasteiger partial charge in [0.15, 0.2) is 0 Å². The first-order valence-electron chi connectivity index (χ1n) is 10.5. The summed E-state index contributed by atoms with van der Waals surface area (Å²) in [5.41, 5.74) is 3.34. The van der Waals surface area contributed by atoms with E-state index >= 15 is 0 Å². The molecule has 5 nitrogen and oxygen atoms in total. The fourth-order valence-corrected chi connectivity index (χ4v) is 4.44. The highest BCUT2D eigenvalue weighted by Crippen LogP contribution is 2.34. The first-order valence-corrected chi connectivity index (χ1v) is 11.3. The summed E-state index contributed by atoms with van der Waals surface area (Å²) in [6.45, 7) is 6.44. The Kier molecular flexibility index (Phi) is 6.15.